The van der Waals surface area contributed by atoms with E-state index in [1.807, 2.05) is 19.1 Å². The number of hydrogen-bond acceptors (Lipinski definition) is 6. The van der Waals surface area contributed by atoms with Crippen molar-refractivity contribution in [2.24, 2.45) is 0 Å². The van der Waals surface area contributed by atoms with E-state index in [0.29, 0.717) is 23.4 Å². The Hall–Kier alpha value is -2.08. The van der Waals surface area contributed by atoms with Crippen molar-refractivity contribution in [2.45, 2.75) is 19.9 Å². The topological polar surface area (TPSA) is 86.0 Å². The highest BCUT2D eigenvalue weighted by molar-refractivity contribution is 6.30. The van der Waals surface area contributed by atoms with Gasteiger partial charge >= 0.3 is 0 Å². The number of rotatable bonds is 5. The maximum absolute atomic E-state index is 5.81. The number of hydrogen-bond donors (Lipinski definition) is 2. The Bertz CT molecular complexity index is 555. The van der Waals surface area contributed by atoms with Crippen molar-refractivity contribution < 1.29 is 4.74 Å². The second kappa shape index (κ2) is 6.38. The minimum Gasteiger partial charge on any atom is -0.491 e. The molecule has 6 nitrogen and oxygen atoms in total. The molecule has 20 heavy (non-hydrogen) atoms. The monoisotopic (exact) mass is 293 g/mol. The van der Waals surface area contributed by atoms with Gasteiger partial charge in [0.1, 0.15) is 18.2 Å². The summed E-state index contributed by atoms with van der Waals surface area (Å²) in [6, 6.07) is 7.22. The molecule has 1 aromatic heterocycles. The number of anilines is 2. The molecule has 1 atom stereocenters. The lowest BCUT2D eigenvalue weighted by molar-refractivity contribution is 0.303. The van der Waals surface area contributed by atoms with Crippen molar-refractivity contribution in [3.8, 4) is 5.75 Å². The first-order valence-corrected chi connectivity index (χ1v) is 6.54. The van der Waals surface area contributed by atoms with Gasteiger partial charge < -0.3 is 15.8 Å². The molecule has 0 bridgehead atoms. The number of aryl methyl sites for hydroxylation is 1. The summed E-state index contributed by atoms with van der Waals surface area (Å²) in [5.74, 6) is 1.98. The molecule has 0 aliphatic rings. The van der Waals surface area contributed by atoms with Crippen molar-refractivity contribution in [1.29, 1.82) is 0 Å². The third-order valence-electron chi connectivity index (χ3n) is 2.45. The van der Waals surface area contributed by atoms with Gasteiger partial charge in [-0.1, -0.05) is 11.6 Å². The number of benzene rings is 1. The molecular weight excluding hydrogens is 278 g/mol. The lowest BCUT2D eigenvalue weighted by atomic mass is 10.3. The van der Waals surface area contributed by atoms with E-state index in [1.165, 1.54) is 0 Å². The van der Waals surface area contributed by atoms with Gasteiger partial charge in [0, 0.05) is 5.02 Å². The van der Waals surface area contributed by atoms with Crippen molar-refractivity contribution in [1.82, 2.24) is 15.0 Å². The standard InChI is InChI=1S/C13H16ClN5O/c1-8(7-20-11-5-3-10(14)4-6-11)16-13-18-9(2)17-12(15)19-13/h3-6,8H,7H2,1-2H3,(H3,15,16,17,18,19). The van der Waals surface area contributed by atoms with Gasteiger partial charge in [-0.05, 0) is 38.1 Å². The summed E-state index contributed by atoms with van der Waals surface area (Å²) in [4.78, 5) is 12.1. The number of nitrogens with zero attached hydrogens (tertiary/aromatic N) is 3. The van der Waals surface area contributed by atoms with Crippen LogP contribution in [0.2, 0.25) is 5.02 Å². The van der Waals surface area contributed by atoms with Gasteiger partial charge in [-0.2, -0.15) is 15.0 Å². The second-order valence-corrected chi connectivity index (χ2v) is 4.81. The first-order valence-electron chi connectivity index (χ1n) is 6.16. The summed E-state index contributed by atoms with van der Waals surface area (Å²) >= 11 is 5.81. The SMILES string of the molecule is Cc1nc(N)nc(NC(C)COc2ccc(Cl)cc2)n1. The van der Waals surface area contributed by atoms with Crippen LogP contribution >= 0.6 is 11.6 Å². The Kier molecular flexibility index (Phi) is 4.57. The minimum atomic E-state index is 0.0203. The number of nitrogens with two attached hydrogens (primary N) is 1. The smallest absolute Gasteiger partial charge is 0.228 e. The van der Waals surface area contributed by atoms with Gasteiger partial charge in [0.15, 0.2) is 0 Å². The quantitative estimate of drug-likeness (QED) is 0.880. The fourth-order valence-corrected chi connectivity index (χ4v) is 1.71. The highest BCUT2D eigenvalue weighted by atomic mass is 35.5. The molecule has 0 aliphatic carbocycles. The predicted octanol–water partition coefficient (Wildman–Crippen LogP) is 2.30. The lowest BCUT2D eigenvalue weighted by Gasteiger charge is -2.15. The van der Waals surface area contributed by atoms with Crippen LogP contribution in [0.4, 0.5) is 11.9 Å². The number of nitrogen functional groups attached to an aromatic ring is 1. The zero-order valence-electron chi connectivity index (χ0n) is 11.3. The van der Waals surface area contributed by atoms with Gasteiger partial charge in [0.05, 0.1) is 6.04 Å². The zero-order chi connectivity index (χ0) is 14.5. The van der Waals surface area contributed by atoms with Crippen LogP contribution in [0.1, 0.15) is 12.7 Å². The van der Waals surface area contributed by atoms with Crippen LogP contribution in [0, 0.1) is 6.92 Å². The molecule has 0 saturated heterocycles. The van der Waals surface area contributed by atoms with E-state index in [2.05, 4.69) is 20.3 Å². The molecule has 0 saturated carbocycles. The molecule has 1 unspecified atom stereocenters. The van der Waals surface area contributed by atoms with Crippen molar-refractivity contribution >= 4 is 23.5 Å². The highest BCUT2D eigenvalue weighted by Gasteiger charge is 2.07. The summed E-state index contributed by atoms with van der Waals surface area (Å²) < 4.78 is 5.63. The number of halogens is 1. The van der Waals surface area contributed by atoms with E-state index in [-0.39, 0.29) is 12.0 Å². The molecule has 0 spiro atoms. The molecule has 0 fully saturated rings. The Balaban J connectivity index is 1.88. The predicted molar refractivity (Wildman–Crippen MR) is 79.0 cm³/mol. The van der Waals surface area contributed by atoms with E-state index in [4.69, 9.17) is 22.1 Å². The first kappa shape index (κ1) is 14.3. The molecule has 3 N–H and O–H groups in total. The van der Waals surface area contributed by atoms with E-state index < -0.39 is 0 Å². The third-order valence-corrected chi connectivity index (χ3v) is 2.71. The Morgan fingerprint density at radius 2 is 1.95 bits per heavy atom. The second-order valence-electron chi connectivity index (χ2n) is 4.37. The van der Waals surface area contributed by atoms with Gasteiger partial charge in [0.25, 0.3) is 0 Å². The number of nitrogens with one attached hydrogen (secondary N) is 1. The van der Waals surface area contributed by atoms with Crippen LogP contribution in [-0.2, 0) is 0 Å². The Labute approximate surface area is 122 Å². The fourth-order valence-electron chi connectivity index (χ4n) is 1.58. The van der Waals surface area contributed by atoms with Crippen LogP contribution in [0.25, 0.3) is 0 Å². The maximum atomic E-state index is 5.81. The van der Waals surface area contributed by atoms with Crippen LogP contribution in [0.15, 0.2) is 24.3 Å². The van der Waals surface area contributed by atoms with Gasteiger partial charge in [-0.15, -0.1) is 0 Å². The Morgan fingerprint density at radius 3 is 2.60 bits per heavy atom. The third kappa shape index (κ3) is 4.24. The molecule has 0 radical (unpaired) electrons. The van der Waals surface area contributed by atoms with E-state index in [1.54, 1.807) is 19.1 Å². The van der Waals surface area contributed by atoms with Crippen molar-refractivity contribution in [3.63, 3.8) is 0 Å². The largest absolute Gasteiger partial charge is 0.491 e. The Morgan fingerprint density at radius 1 is 1.25 bits per heavy atom. The minimum absolute atomic E-state index is 0.0203. The average molecular weight is 294 g/mol. The number of ether oxygens (including phenoxy) is 1. The van der Waals surface area contributed by atoms with Crippen molar-refractivity contribution in [2.75, 3.05) is 17.7 Å². The summed E-state index contributed by atoms with van der Waals surface area (Å²) in [5, 5.41) is 3.79. The highest BCUT2D eigenvalue weighted by Crippen LogP contribution is 2.15. The number of aromatic nitrogens is 3. The van der Waals surface area contributed by atoms with Crippen LogP contribution in [-0.4, -0.2) is 27.6 Å². The molecule has 1 aromatic carbocycles. The van der Waals surface area contributed by atoms with Gasteiger partial charge in [-0.3, -0.25) is 0 Å². The van der Waals surface area contributed by atoms with Gasteiger partial charge in [-0.25, -0.2) is 0 Å². The van der Waals surface area contributed by atoms with Crippen LogP contribution < -0.4 is 15.8 Å². The normalized spacial score (nSPS) is 11.9. The lowest BCUT2D eigenvalue weighted by Crippen LogP contribution is -2.25. The summed E-state index contributed by atoms with van der Waals surface area (Å²) in [6.45, 7) is 4.19. The van der Waals surface area contributed by atoms with E-state index in [9.17, 15) is 0 Å². The van der Waals surface area contributed by atoms with E-state index >= 15 is 0 Å². The van der Waals surface area contributed by atoms with Gasteiger partial charge in [0.2, 0.25) is 11.9 Å². The van der Waals surface area contributed by atoms with Crippen LogP contribution in [0.5, 0.6) is 5.75 Å². The molecule has 106 valence electrons. The average Bonchev–Trinajstić information content (AvgIpc) is 2.37. The van der Waals surface area contributed by atoms with Crippen molar-refractivity contribution in [3.05, 3.63) is 35.1 Å². The molecule has 7 heteroatoms. The first-order chi connectivity index (χ1) is 9.52. The zero-order valence-corrected chi connectivity index (χ0v) is 12.1. The molecule has 1 heterocycles. The summed E-state index contributed by atoms with van der Waals surface area (Å²) in [5.41, 5.74) is 5.57. The maximum Gasteiger partial charge on any atom is 0.228 e. The molecule has 0 amide bonds. The molecule has 2 aromatic rings. The molecule has 0 aliphatic heterocycles. The summed E-state index contributed by atoms with van der Waals surface area (Å²) in [7, 11) is 0. The van der Waals surface area contributed by atoms with E-state index in [0.717, 1.165) is 5.75 Å². The fraction of sp³-hybridized carbons (Fsp3) is 0.308. The summed E-state index contributed by atoms with van der Waals surface area (Å²) in [6.07, 6.45) is 0. The van der Waals surface area contributed by atoms with Crippen LogP contribution in [0.3, 0.4) is 0 Å². The molecular formula is C13H16ClN5O. The molecule has 2 rings (SSSR count).